The number of fused-ring (bicyclic) bond motifs is 4. The van der Waals surface area contributed by atoms with E-state index in [1.165, 1.54) is 64.2 Å². The lowest BCUT2D eigenvalue weighted by Crippen LogP contribution is -2.56. The van der Waals surface area contributed by atoms with Gasteiger partial charge in [-0.1, -0.05) is 78.9 Å². The fourth-order valence-electron chi connectivity index (χ4n) is 9.63. The molecule has 0 aromatic rings. The Hall–Kier alpha value is -0.300. The smallest absolute Gasteiger partial charge is 0.0596 e. The minimum absolute atomic E-state index is 0.0961. The first kappa shape index (κ1) is 23.8. The molecule has 0 saturated heterocycles. The molecule has 3 fully saturated rings. The zero-order valence-electron chi connectivity index (χ0n) is 21.9. The summed E-state index contributed by atoms with van der Waals surface area (Å²) in [5, 5.41) is 11.0. The highest BCUT2D eigenvalue weighted by Crippen LogP contribution is 2.68. The molecule has 0 bridgehead atoms. The van der Waals surface area contributed by atoms with E-state index in [-0.39, 0.29) is 11.5 Å². The first-order chi connectivity index (χ1) is 14.6. The van der Waals surface area contributed by atoms with Crippen LogP contribution in [0.4, 0.5) is 0 Å². The maximum atomic E-state index is 11.0. The molecule has 4 aliphatic rings. The van der Waals surface area contributed by atoms with Gasteiger partial charge in [0, 0.05) is 0 Å². The van der Waals surface area contributed by atoms with Crippen LogP contribution in [0.5, 0.6) is 0 Å². The summed E-state index contributed by atoms with van der Waals surface area (Å²) in [5.41, 5.74) is 4.85. The highest BCUT2D eigenvalue weighted by Gasteiger charge is 2.60. The van der Waals surface area contributed by atoms with E-state index in [1.807, 2.05) is 11.1 Å². The lowest BCUT2D eigenvalue weighted by molar-refractivity contribution is -0.139. The van der Waals surface area contributed by atoms with E-state index in [0.717, 1.165) is 36.5 Å². The van der Waals surface area contributed by atoms with Gasteiger partial charge in [-0.25, -0.2) is 0 Å². The van der Waals surface area contributed by atoms with Gasteiger partial charge in [0.05, 0.1) is 6.10 Å². The summed E-state index contributed by atoms with van der Waals surface area (Å²) in [6, 6.07) is 0. The minimum atomic E-state index is -0.0961. The molecule has 178 valence electrons. The molecule has 31 heavy (non-hydrogen) atoms. The van der Waals surface area contributed by atoms with E-state index in [4.69, 9.17) is 0 Å². The summed E-state index contributed by atoms with van der Waals surface area (Å²) < 4.78 is 0. The molecule has 0 amide bonds. The summed E-state index contributed by atoms with van der Waals surface area (Å²) in [5.74, 6) is 4.11. The van der Waals surface area contributed by atoms with Gasteiger partial charge in [0.2, 0.25) is 0 Å². The number of aliphatic hydroxyl groups excluding tert-OH is 1. The molecule has 3 saturated carbocycles. The van der Waals surface area contributed by atoms with E-state index in [0.29, 0.717) is 16.7 Å². The average Bonchev–Trinajstić information content (AvgIpc) is 3.08. The Morgan fingerprint density at radius 2 is 1.68 bits per heavy atom. The van der Waals surface area contributed by atoms with Crippen molar-refractivity contribution in [1.82, 2.24) is 0 Å². The van der Waals surface area contributed by atoms with Gasteiger partial charge in [0.25, 0.3) is 0 Å². The molecule has 1 nitrogen and oxygen atoms in total. The van der Waals surface area contributed by atoms with E-state index in [9.17, 15) is 5.11 Å². The minimum Gasteiger partial charge on any atom is -0.393 e. The predicted molar refractivity (Wildman–Crippen MR) is 133 cm³/mol. The second-order valence-electron chi connectivity index (χ2n) is 13.5. The third-order valence-electron chi connectivity index (χ3n) is 11.7. The summed E-state index contributed by atoms with van der Waals surface area (Å²) in [4.78, 5) is 0. The molecular weight excluding hydrogens is 376 g/mol. The van der Waals surface area contributed by atoms with Crippen LogP contribution in [-0.2, 0) is 0 Å². The second kappa shape index (κ2) is 8.48. The van der Waals surface area contributed by atoms with Crippen LogP contribution in [0.3, 0.4) is 0 Å². The van der Waals surface area contributed by atoms with Crippen molar-refractivity contribution in [2.75, 3.05) is 0 Å². The normalized spacial score (nSPS) is 46.0. The van der Waals surface area contributed by atoms with Crippen molar-refractivity contribution in [3.63, 3.8) is 0 Å². The van der Waals surface area contributed by atoms with Gasteiger partial charge in [-0.3, -0.25) is 0 Å². The molecule has 1 heteroatoms. The average molecular weight is 429 g/mol. The number of hydrogen-bond acceptors (Lipinski definition) is 1. The summed E-state index contributed by atoms with van der Waals surface area (Å²) >= 11 is 0. The summed E-state index contributed by atoms with van der Waals surface area (Å²) in [6.07, 6.45) is 15.8. The summed E-state index contributed by atoms with van der Waals surface area (Å²) in [6.45, 7) is 17.3. The monoisotopic (exact) mass is 428 g/mol. The van der Waals surface area contributed by atoms with Crippen molar-refractivity contribution < 1.29 is 5.11 Å². The highest BCUT2D eigenvalue weighted by molar-refractivity contribution is 5.35. The van der Waals surface area contributed by atoms with E-state index in [1.54, 1.807) is 0 Å². The number of aliphatic hydroxyl groups is 1. The van der Waals surface area contributed by atoms with Gasteiger partial charge >= 0.3 is 0 Å². The SMILES string of the molecule is CC[C@@]1(C)C2CCC3=C4CC[C@H]([C@H](C)CCCC(C)C)[C@@]4(C)CC[C@@H]3[C@@]2(C)CC[C@@H]1O. The molecular formula is C30H52O. The highest BCUT2D eigenvalue weighted by atomic mass is 16.3. The Kier molecular flexibility index (Phi) is 6.53. The lowest BCUT2D eigenvalue weighted by Gasteiger charge is -2.62. The molecule has 1 N–H and O–H groups in total. The fraction of sp³-hybridized carbons (Fsp3) is 0.933. The van der Waals surface area contributed by atoms with Crippen molar-refractivity contribution >= 4 is 0 Å². The Bertz CT molecular complexity index is 691. The quantitative estimate of drug-likeness (QED) is 0.420. The molecule has 0 heterocycles. The first-order valence-electron chi connectivity index (χ1n) is 14.0. The predicted octanol–water partition coefficient (Wildman–Crippen LogP) is 8.56. The van der Waals surface area contributed by atoms with Crippen LogP contribution in [0.1, 0.15) is 126 Å². The topological polar surface area (TPSA) is 20.2 Å². The van der Waals surface area contributed by atoms with Crippen LogP contribution in [0.2, 0.25) is 0 Å². The number of hydrogen-bond donors (Lipinski definition) is 1. The molecule has 0 radical (unpaired) electrons. The van der Waals surface area contributed by atoms with Crippen LogP contribution in [0, 0.1) is 45.8 Å². The number of rotatable bonds is 6. The Morgan fingerprint density at radius 3 is 2.35 bits per heavy atom. The van der Waals surface area contributed by atoms with Crippen LogP contribution in [0.15, 0.2) is 11.1 Å². The van der Waals surface area contributed by atoms with Gasteiger partial charge in [-0.15, -0.1) is 0 Å². The zero-order valence-corrected chi connectivity index (χ0v) is 21.9. The Balaban J connectivity index is 1.58. The van der Waals surface area contributed by atoms with E-state index < -0.39 is 0 Å². The maximum absolute atomic E-state index is 11.0. The van der Waals surface area contributed by atoms with Crippen molar-refractivity contribution in [1.29, 1.82) is 0 Å². The number of allylic oxidation sites excluding steroid dienone is 2. The molecule has 4 aliphatic carbocycles. The standard InChI is InChI=1S/C30H52O/c1-8-28(5)26-15-12-22-24-14-13-23(21(4)11-9-10-20(2)3)29(24,6)18-16-25(22)30(26,7)19-17-27(28)31/h20-21,23,25-27,31H,8-19H2,1-7H3/t21-,23-,25+,26?,27+,28+,29-,30-/m1/s1. The van der Waals surface area contributed by atoms with Gasteiger partial charge in [-0.05, 0) is 104 Å². The van der Waals surface area contributed by atoms with Crippen molar-refractivity contribution in [2.24, 2.45) is 45.8 Å². The van der Waals surface area contributed by atoms with Crippen molar-refractivity contribution in [2.45, 2.75) is 132 Å². The van der Waals surface area contributed by atoms with Crippen LogP contribution in [0.25, 0.3) is 0 Å². The van der Waals surface area contributed by atoms with Gasteiger partial charge < -0.3 is 5.11 Å². The van der Waals surface area contributed by atoms with Crippen molar-refractivity contribution in [3.05, 3.63) is 11.1 Å². The molecule has 8 atom stereocenters. The molecule has 1 unspecified atom stereocenters. The zero-order chi connectivity index (χ0) is 22.6. The molecule has 0 aromatic carbocycles. The van der Waals surface area contributed by atoms with Crippen LogP contribution < -0.4 is 0 Å². The van der Waals surface area contributed by atoms with Crippen molar-refractivity contribution in [3.8, 4) is 0 Å². The first-order valence-corrected chi connectivity index (χ1v) is 14.0. The van der Waals surface area contributed by atoms with Crippen LogP contribution in [-0.4, -0.2) is 11.2 Å². The maximum Gasteiger partial charge on any atom is 0.0596 e. The molecule has 0 aromatic heterocycles. The third kappa shape index (κ3) is 3.68. The van der Waals surface area contributed by atoms with Gasteiger partial charge in [-0.2, -0.15) is 0 Å². The van der Waals surface area contributed by atoms with E-state index in [2.05, 4.69) is 48.5 Å². The van der Waals surface area contributed by atoms with Gasteiger partial charge in [0.1, 0.15) is 0 Å². The Morgan fingerprint density at radius 1 is 0.935 bits per heavy atom. The molecule has 4 rings (SSSR count). The van der Waals surface area contributed by atoms with Gasteiger partial charge in [0.15, 0.2) is 0 Å². The Labute approximate surface area is 193 Å². The largest absolute Gasteiger partial charge is 0.393 e. The second-order valence-corrected chi connectivity index (χ2v) is 13.5. The lowest BCUT2D eigenvalue weighted by atomic mass is 9.43. The van der Waals surface area contributed by atoms with E-state index >= 15 is 0 Å². The molecule has 0 aliphatic heterocycles. The molecule has 0 spiro atoms. The van der Waals surface area contributed by atoms with Crippen LogP contribution >= 0.6 is 0 Å². The summed E-state index contributed by atoms with van der Waals surface area (Å²) in [7, 11) is 0. The fourth-order valence-corrected chi connectivity index (χ4v) is 9.63. The third-order valence-corrected chi connectivity index (χ3v) is 11.7.